The fourth-order valence-electron chi connectivity index (χ4n) is 3.02. The van der Waals surface area contributed by atoms with Crippen molar-refractivity contribution >= 4 is 17.1 Å². The molecule has 2 N–H and O–H groups in total. The first kappa shape index (κ1) is 13.9. The van der Waals surface area contributed by atoms with Crippen LogP contribution in [-0.2, 0) is 0 Å². The molecule has 3 heterocycles. The smallest absolute Gasteiger partial charge is 0.317 e. The lowest BCUT2D eigenvalue weighted by Crippen LogP contribution is -2.44. The number of carbonyl (C=O) groups excluding carboxylic acids is 1. The molecule has 0 radical (unpaired) electrons. The predicted molar refractivity (Wildman–Crippen MR) is 83.3 cm³/mol. The average Bonchev–Trinajstić information content (AvgIpc) is 2.97. The van der Waals surface area contributed by atoms with Gasteiger partial charge in [0.25, 0.3) is 0 Å². The van der Waals surface area contributed by atoms with Crippen LogP contribution in [0.15, 0.2) is 24.5 Å². The van der Waals surface area contributed by atoms with Crippen LogP contribution in [0.1, 0.15) is 37.7 Å². The first-order valence-electron chi connectivity index (χ1n) is 7.74. The summed E-state index contributed by atoms with van der Waals surface area (Å²) >= 11 is 0. The number of hydrogen-bond donors (Lipinski definition) is 2. The van der Waals surface area contributed by atoms with Crippen LogP contribution in [0.4, 0.5) is 4.79 Å². The van der Waals surface area contributed by atoms with Gasteiger partial charge in [-0.3, -0.25) is 4.98 Å². The lowest BCUT2D eigenvalue weighted by atomic mass is 9.90. The topological polar surface area (TPSA) is 61.0 Å². The molecule has 112 valence electrons. The van der Waals surface area contributed by atoms with E-state index >= 15 is 0 Å². The summed E-state index contributed by atoms with van der Waals surface area (Å²) < 4.78 is 0. The number of hydrogen-bond acceptors (Lipinski definition) is 2. The Morgan fingerprint density at radius 2 is 2.29 bits per heavy atom. The molecule has 0 saturated carbocycles. The summed E-state index contributed by atoms with van der Waals surface area (Å²) in [4.78, 5) is 21.7. The van der Waals surface area contributed by atoms with Gasteiger partial charge in [0.1, 0.15) is 0 Å². The highest BCUT2D eigenvalue weighted by Crippen LogP contribution is 2.32. The number of urea groups is 1. The Kier molecular flexibility index (Phi) is 4.08. The van der Waals surface area contributed by atoms with Gasteiger partial charge in [0, 0.05) is 32.0 Å². The zero-order valence-corrected chi connectivity index (χ0v) is 12.4. The number of carbonyl (C=O) groups is 1. The van der Waals surface area contributed by atoms with Gasteiger partial charge in [-0.05, 0) is 42.9 Å². The molecule has 0 atom stereocenters. The number of nitrogens with zero attached hydrogens (tertiary/aromatic N) is 2. The summed E-state index contributed by atoms with van der Waals surface area (Å²) in [5.41, 5.74) is 3.46. The number of fused-ring (bicyclic) bond motifs is 1. The minimum Gasteiger partial charge on any atom is -0.360 e. The lowest BCUT2D eigenvalue weighted by Gasteiger charge is -2.31. The second-order valence-electron chi connectivity index (χ2n) is 5.64. The molecule has 0 aliphatic carbocycles. The van der Waals surface area contributed by atoms with Crippen LogP contribution in [-0.4, -0.2) is 40.5 Å². The summed E-state index contributed by atoms with van der Waals surface area (Å²) in [6.45, 7) is 4.46. The summed E-state index contributed by atoms with van der Waals surface area (Å²) in [6.07, 6.45) is 6.90. The summed E-state index contributed by atoms with van der Waals surface area (Å²) in [5.74, 6) is 0.490. The molecule has 3 rings (SSSR count). The Balaban J connectivity index is 1.64. The van der Waals surface area contributed by atoms with E-state index in [1.165, 1.54) is 5.56 Å². The number of H-pyrrole nitrogens is 1. The van der Waals surface area contributed by atoms with Gasteiger partial charge in [-0.25, -0.2) is 4.79 Å². The number of aromatic nitrogens is 2. The quantitative estimate of drug-likeness (QED) is 0.911. The maximum absolute atomic E-state index is 12.0. The van der Waals surface area contributed by atoms with Crippen molar-refractivity contribution in [3.8, 4) is 0 Å². The van der Waals surface area contributed by atoms with Crippen LogP contribution in [0, 0.1) is 0 Å². The number of rotatable bonds is 3. The van der Waals surface area contributed by atoms with Crippen LogP contribution in [0.5, 0.6) is 0 Å². The second kappa shape index (κ2) is 6.16. The molecule has 1 aliphatic heterocycles. The molecule has 21 heavy (non-hydrogen) atoms. The Bertz CT molecular complexity index is 614. The first-order chi connectivity index (χ1) is 10.3. The maximum Gasteiger partial charge on any atom is 0.317 e. The number of pyridine rings is 1. The van der Waals surface area contributed by atoms with E-state index in [0.717, 1.165) is 49.9 Å². The van der Waals surface area contributed by atoms with E-state index in [1.807, 2.05) is 17.2 Å². The highest BCUT2D eigenvalue weighted by Gasteiger charge is 2.25. The summed E-state index contributed by atoms with van der Waals surface area (Å²) in [6, 6.07) is 4.08. The fourth-order valence-corrected chi connectivity index (χ4v) is 3.02. The molecule has 5 nitrogen and oxygen atoms in total. The monoisotopic (exact) mass is 286 g/mol. The molecule has 1 fully saturated rings. The van der Waals surface area contributed by atoms with Crippen molar-refractivity contribution < 1.29 is 4.79 Å². The van der Waals surface area contributed by atoms with Crippen molar-refractivity contribution in [1.29, 1.82) is 0 Å². The minimum atomic E-state index is 0.0763. The minimum absolute atomic E-state index is 0.0763. The van der Waals surface area contributed by atoms with Crippen LogP contribution in [0.25, 0.3) is 11.0 Å². The third-order valence-corrected chi connectivity index (χ3v) is 4.21. The van der Waals surface area contributed by atoms with Crippen LogP contribution < -0.4 is 5.32 Å². The van der Waals surface area contributed by atoms with Crippen molar-refractivity contribution in [3.63, 3.8) is 0 Å². The van der Waals surface area contributed by atoms with E-state index in [4.69, 9.17) is 0 Å². The number of amides is 2. The third kappa shape index (κ3) is 2.86. The van der Waals surface area contributed by atoms with Crippen LogP contribution >= 0.6 is 0 Å². The molecule has 1 aliphatic rings. The second-order valence-corrected chi connectivity index (χ2v) is 5.64. The molecule has 0 bridgehead atoms. The Morgan fingerprint density at radius 1 is 1.48 bits per heavy atom. The zero-order chi connectivity index (χ0) is 14.7. The lowest BCUT2D eigenvalue weighted by molar-refractivity contribution is 0.181. The third-order valence-electron chi connectivity index (χ3n) is 4.21. The SMILES string of the molecule is CCCNC(=O)N1CCC(c2c[nH]c3cccnc23)CC1. The molecule has 0 aromatic carbocycles. The number of aromatic amines is 1. The van der Waals surface area contributed by atoms with E-state index in [2.05, 4.69) is 34.5 Å². The van der Waals surface area contributed by atoms with Gasteiger partial charge >= 0.3 is 6.03 Å². The van der Waals surface area contributed by atoms with Gasteiger partial charge in [0.05, 0.1) is 11.0 Å². The molecule has 2 amide bonds. The Morgan fingerprint density at radius 3 is 3.05 bits per heavy atom. The number of likely N-dealkylation sites (tertiary alicyclic amines) is 1. The van der Waals surface area contributed by atoms with Gasteiger partial charge in [0.2, 0.25) is 0 Å². The van der Waals surface area contributed by atoms with E-state index in [0.29, 0.717) is 5.92 Å². The van der Waals surface area contributed by atoms with E-state index in [1.54, 1.807) is 0 Å². The highest BCUT2D eigenvalue weighted by atomic mass is 16.2. The predicted octanol–water partition coefficient (Wildman–Crippen LogP) is 2.86. The average molecular weight is 286 g/mol. The standard InChI is InChI=1S/C16H22N4O/c1-2-7-18-16(21)20-9-5-12(6-10-20)13-11-19-14-4-3-8-17-15(13)14/h3-4,8,11-12,19H,2,5-7,9-10H2,1H3,(H,18,21). The molecule has 0 spiro atoms. The van der Waals surface area contributed by atoms with Gasteiger partial charge in [-0.1, -0.05) is 6.92 Å². The molecule has 1 saturated heterocycles. The van der Waals surface area contributed by atoms with Crippen molar-refractivity contribution in [2.24, 2.45) is 0 Å². The Hall–Kier alpha value is -2.04. The molecule has 2 aromatic heterocycles. The molecule has 2 aromatic rings. The van der Waals surface area contributed by atoms with E-state index in [-0.39, 0.29) is 6.03 Å². The highest BCUT2D eigenvalue weighted by molar-refractivity contribution is 5.79. The molecular weight excluding hydrogens is 264 g/mol. The number of piperidine rings is 1. The van der Waals surface area contributed by atoms with E-state index < -0.39 is 0 Å². The largest absolute Gasteiger partial charge is 0.360 e. The molecule has 5 heteroatoms. The Labute approximate surface area is 124 Å². The van der Waals surface area contributed by atoms with E-state index in [9.17, 15) is 4.79 Å². The van der Waals surface area contributed by atoms with Crippen molar-refractivity contribution in [2.45, 2.75) is 32.1 Å². The maximum atomic E-state index is 12.0. The van der Waals surface area contributed by atoms with Crippen molar-refractivity contribution in [2.75, 3.05) is 19.6 Å². The molecular formula is C16H22N4O. The van der Waals surface area contributed by atoms with Gasteiger partial charge in [0.15, 0.2) is 0 Å². The normalized spacial score (nSPS) is 16.3. The van der Waals surface area contributed by atoms with Gasteiger partial charge in [-0.15, -0.1) is 0 Å². The summed E-state index contributed by atoms with van der Waals surface area (Å²) in [5, 5.41) is 2.95. The van der Waals surface area contributed by atoms with Gasteiger partial charge < -0.3 is 15.2 Å². The van der Waals surface area contributed by atoms with Crippen molar-refractivity contribution in [1.82, 2.24) is 20.2 Å². The van der Waals surface area contributed by atoms with Gasteiger partial charge in [-0.2, -0.15) is 0 Å². The van der Waals surface area contributed by atoms with Crippen LogP contribution in [0.2, 0.25) is 0 Å². The van der Waals surface area contributed by atoms with Crippen LogP contribution in [0.3, 0.4) is 0 Å². The summed E-state index contributed by atoms with van der Waals surface area (Å²) in [7, 11) is 0. The molecule has 0 unspecified atom stereocenters. The first-order valence-corrected chi connectivity index (χ1v) is 7.74. The zero-order valence-electron chi connectivity index (χ0n) is 12.4. The number of nitrogens with one attached hydrogen (secondary N) is 2. The fraction of sp³-hybridized carbons (Fsp3) is 0.500. The van der Waals surface area contributed by atoms with Crippen molar-refractivity contribution in [3.05, 3.63) is 30.1 Å².